The van der Waals surface area contributed by atoms with E-state index in [-0.39, 0.29) is 24.0 Å². The molecular formula is C14H24IN3O. The van der Waals surface area contributed by atoms with Gasteiger partial charge in [-0.2, -0.15) is 0 Å². The van der Waals surface area contributed by atoms with Gasteiger partial charge >= 0.3 is 0 Å². The number of nitrogens with two attached hydrogens (primary N) is 1. The van der Waals surface area contributed by atoms with Crippen molar-refractivity contribution in [2.45, 2.75) is 27.3 Å². The van der Waals surface area contributed by atoms with E-state index in [0.29, 0.717) is 12.5 Å². The van der Waals surface area contributed by atoms with Crippen LogP contribution in [0, 0.1) is 6.92 Å². The highest BCUT2D eigenvalue weighted by Gasteiger charge is 2.05. The van der Waals surface area contributed by atoms with Crippen molar-refractivity contribution in [2.75, 3.05) is 20.2 Å². The maximum Gasteiger partial charge on any atom is 0.191 e. The lowest BCUT2D eigenvalue weighted by atomic mass is 10.1. The summed E-state index contributed by atoms with van der Waals surface area (Å²) >= 11 is 0. The maximum atomic E-state index is 5.94. The molecule has 1 aromatic rings. The van der Waals surface area contributed by atoms with Crippen molar-refractivity contribution in [3.8, 4) is 5.75 Å². The molecule has 0 atom stereocenters. The number of rotatable bonds is 5. The second-order valence-electron chi connectivity index (χ2n) is 4.16. The van der Waals surface area contributed by atoms with Gasteiger partial charge in [-0.15, -0.1) is 24.0 Å². The Hall–Kier alpha value is -0.980. The van der Waals surface area contributed by atoms with E-state index in [0.717, 1.165) is 24.4 Å². The topological polar surface area (TPSA) is 50.8 Å². The Morgan fingerprint density at radius 3 is 2.47 bits per heavy atom. The zero-order valence-electron chi connectivity index (χ0n) is 12.1. The highest BCUT2D eigenvalue weighted by atomic mass is 127. The summed E-state index contributed by atoms with van der Waals surface area (Å²) in [4.78, 5) is 6.44. The molecule has 0 radical (unpaired) electrons. The minimum atomic E-state index is 0. The van der Waals surface area contributed by atoms with Crippen LogP contribution in [-0.4, -0.2) is 31.1 Å². The predicted molar refractivity (Wildman–Crippen MR) is 91.4 cm³/mol. The van der Waals surface area contributed by atoms with Gasteiger partial charge in [-0.25, -0.2) is 4.99 Å². The molecule has 0 bridgehead atoms. The largest absolute Gasteiger partial charge is 0.496 e. The Morgan fingerprint density at radius 1 is 1.32 bits per heavy atom. The lowest BCUT2D eigenvalue weighted by molar-refractivity contribution is 0.409. The smallest absolute Gasteiger partial charge is 0.191 e. The molecule has 4 nitrogen and oxygen atoms in total. The molecule has 0 saturated carbocycles. The molecule has 0 aliphatic rings. The average molecular weight is 377 g/mol. The first-order valence-corrected chi connectivity index (χ1v) is 6.30. The first-order chi connectivity index (χ1) is 8.62. The maximum absolute atomic E-state index is 5.94. The van der Waals surface area contributed by atoms with E-state index in [2.05, 4.69) is 24.9 Å². The third kappa shape index (κ3) is 5.26. The molecule has 1 rings (SSSR count). The van der Waals surface area contributed by atoms with E-state index in [1.807, 2.05) is 24.0 Å². The average Bonchev–Trinajstić information content (AvgIpc) is 2.38. The van der Waals surface area contributed by atoms with Crippen LogP contribution in [0.15, 0.2) is 23.2 Å². The number of guanidine groups is 1. The van der Waals surface area contributed by atoms with E-state index in [9.17, 15) is 0 Å². The van der Waals surface area contributed by atoms with Crippen LogP contribution >= 0.6 is 24.0 Å². The Bertz CT molecular complexity index is 417. The zero-order chi connectivity index (χ0) is 13.5. The number of methoxy groups -OCH3 is 1. The first kappa shape index (κ1) is 18.0. The quantitative estimate of drug-likeness (QED) is 0.488. The Balaban J connectivity index is 0.00000324. The van der Waals surface area contributed by atoms with Crippen LogP contribution < -0.4 is 10.5 Å². The number of aryl methyl sites for hydroxylation is 1. The van der Waals surface area contributed by atoms with Gasteiger partial charge in [-0.3, -0.25) is 0 Å². The van der Waals surface area contributed by atoms with E-state index in [4.69, 9.17) is 10.5 Å². The number of ether oxygens (including phenoxy) is 1. The third-order valence-corrected chi connectivity index (χ3v) is 2.94. The number of nitrogens with zero attached hydrogens (tertiary/aromatic N) is 2. The number of benzene rings is 1. The van der Waals surface area contributed by atoms with Crippen LogP contribution in [0.5, 0.6) is 5.75 Å². The summed E-state index contributed by atoms with van der Waals surface area (Å²) in [6.07, 6.45) is 0. The van der Waals surface area contributed by atoms with E-state index >= 15 is 0 Å². The van der Waals surface area contributed by atoms with Crippen LogP contribution in [-0.2, 0) is 6.54 Å². The van der Waals surface area contributed by atoms with Crippen LogP contribution in [0.3, 0.4) is 0 Å². The molecule has 0 amide bonds. The fourth-order valence-electron chi connectivity index (χ4n) is 1.80. The van der Waals surface area contributed by atoms with Crippen LogP contribution in [0.2, 0.25) is 0 Å². The first-order valence-electron chi connectivity index (χ1n) is 6.30. The number of halogens is 1. The fourth-order valence-corrected chi connectivity index (χ4v) is 1.80. The predicted octanol–water partition coefficient (Wildman–Crippen LogP) is 2.78. The SMILES string of the molecule is CCN(CC)C(N)=NCc1ccc(C)cc1OC.I. The minimum Gasteiger partial charge on any atom is -0.496 e. The highest BCUT2D eigenvalue weighted by Crippen LogP contribution is 2.20. The van der Waals surface area contributed by atoms with Gasteiger partial charge in [0.05, 0.1) is 13.7 Å². The molecule has 1 aromatic carbocycles. The molecule has 0 aliphatic carbocycles. The van der Waals surface area contributed by atoms with Crippen molar-refractivity contribution in [3.63, 3.8) is 0 Å². The molecule has 0 spiro atoms. The summed E-state index contributed by atoms with van der Waals surface area (Å²) in [6.45, 7) is 8.47. The van der Waals surface area contributed by atoms with Gasteiger partial charge in [0.25, 0.3) is 0 Å². The molecule has 0 heterocycles. The molecule has 19 heavy (non-hydrogen) atoms. The van der Waals surface area contributed by atoms with Gasteiger partial charge in [-0.1, -0.05) is 12.1 Å². The Kier molecular flexibility index (Phi) is 8.54. The third-order valence-electron chi connectivity index (χ3n) is 2.94. The van der Waals surface area contributed by atoms with Crippen molar-refractivity contribution >= 4 is 29.9 Å². The Labute approximate surface area is 133 Å². The lowest BCUT2D eigenvalue weighted by Gasteiger charge is -2.19. The normalized spacial score (nSPS) is 10.8. The molecule has 0 fully saturated rings. The summed E-state index contributed by atoms with van der Waals surface area (Å²) in [7, 11) is 1.68. The van der Waals surface area contributed by atoms with Gasteiger partial charge in [0.1, 0.15) is 5.75 Å². The Morgan fingerprint density at radius 2 is 1.95 bits per heavy atom. The zero-order valence-corrected chi connectivity index (χ0v) is 14.5. The summed E-state index contributed by atoms with van der Waals surface area (Å²) in [5.74, 6) is 1.45. The number of aliphatic imine (C=N–C) groups is 1. The lowest BCUT2D eigenvalue weighted by Crippen LogP contribution is -2.37. The summed E-state index contributed by atoms with van der Waals surface area (Å²) < 4.78 is 5.35. The van der Waals surface area contributed by atoms with Gasteiger partial charge < -0.3 is 15.4 Å². The molecular weight excluding hydrogens is 353 g/mol. The molecule has 5 heteroatoms. The van der Waals surface area contributed by atoms with Crippen molar-refractivity contribution in [1.82, 2.24) is 4.90 Å². The molecule has 2 N–H and O–H groups in total. The van der Waals surface area contributed by atoms with Crippen LogP contribution in [0.1, 0.15) is 25.0 Å². The standard InChI is InChI=1S/C14H23N3O.HI/c1-5-17(6-2)14(15)16-10-12-8-7-11(3)9-13(12)18-4;/h7-9H,5-6,10H2,1-4H3,(H2,15,16);1H. The second-order valence-corrected chi connectivity index (χ2v) is 4.16. The fraction of sp³-hybridized carbons (Fsp3) is 0.500. The van der Waals surface area contributed by atoms with Crippen LogP contribution in [0.25, 0.3) is 0 Å². The van der Waals surface area contributed by atoms with Gasteiger partial charge in [-0.05, 0) is 32.4 Å². The monoisotopic (exact) mass is 377 g/mol. The van der Waals surface area contributed by atoms with E-state index in [1.54, 1.807) is 7.11 Å². The van der Waals surface area contributed by atoms with Crippen molar-refractivity contribution in [3.05, 3.63) is 29.3 Å². The number of hydrogen-bond donors (Lipinski definition) is 1. The molecule has 0 aliphatic heterocycles. The van der Waals surface area contributed by atoms with Crippen molar-refractivity contribution in [2.24, 2.45) is 10.7 Å². The molecule has 0 aromatic heterocycles. The van der Waals surface area contributed by atoms with E-state index < -0.39 is 0 Å². The van der Waals surface area contributed by atoms with Crippen molar-refractivity contribution < 1.29 is 4.74 Å². The summed E-state index contributed by atoms with van der Waals surface area (Å²) in [5.41, 5.74) is 8.17. The van der Waals surface area contributed by atoms with Gasteiger partial charge in [0, 0.05) is 18.7 Å². The summed E-state index contributed by atoms with van der Waals surface area (Å²) in [6, 6.07) is 6.10. The molecule has 0 unspecified atom stereocenters. The molecule has 108 valence electrons. The van der Waals surface area contributed by atoms with Gasteiger partial charge in [0.2, 0.25) is 0 Å². The van der Waals surface area contributed by atoms with Crippen molar-refractivity contribution in [1.29, 1.82) is 0 Å². The van der Waals surface area contributed by atoms with Gasteiger partial charge in [0.15, 0.2) is 5.96 Å². The number of hydrogen-bond acceptors (Lipinski definition) is 2. The highest BCUT2D eigenvalue weighted by molar-refractivity contribution is 14.0. The molecule has 0 saturated heterocycles. The second kappa shape index (κ2) is 9.01. The van der Waals surface area contributed by atoms with E-state index in [1.165, 1.54) is 5.56 Å². The minimum absolute atomic E-state index is 0. The van der Waals surface area contributed by atoms with Crippen LogP contribution in [0.4, 0.5) is 0 Å². The summed E-state index contributed by atoms with van der Waals surface area (Å²) in [5, 5.41) is 0.